The molecular weight excluding hydrogens is 284 g/mol. The van der Waals surface area contributed by atoms with Gasteiger partial charge in [0.1, 0.15) is 0 Å². The highest BCUT2D eigenvalue weighted by molar-refractivity contribution is 7.90. The Bertz CT molecular complexity index is 767. The summed E-state index contributed by atoms with van der Waals surface area (Å²) in [4.78, 5) is 13.1. The Hall–Kier alpha value is -2.49. The first-order chi connectivity index (χ1) is 9.25. The maximum atomic E-state index is 12.0. The zero-order chi connectivity index (χ0) is 14.9. The van der Waals surface area contributed by atoms with E-state index < -0.39 is 15.7 Å². The number of aromatic nitrogens is 4. The summed E-state index contributed by atoms with van der Waals surface area (Å²) in [6.45, 7) is 0. The van der Waals surface area contributed by atoms with Crippen molar-refractivity contribution in [1.29, 1.82) is 0 Å². The molecule has 0 aliphatic heterocycles. The third-order valence-corrected chi connectivity index (χ3v) is 3.44. The standard InChI is InChI=1S/C10H12N6O3S/c1-16-14-10(13-15-16)12-9(17)6-3-7(11)5-8(4-6)20(2,18)19/h3-5H,11H2,1-2H3,(H,12,14,17). The van der Waals surface area contributed by atoms with Gasteiger partial charge in [-0.25, -0.2) is 8.42 Å². The summed E-state index contributed by atoms with van der Waals surface area (Å²) < 4.78 is 23.0. The zero-order valence-electron chi connectivity index (χ0n) is 10.7. The molecule has 0 fully saturated rings. The number of amides is 1. The Morgan fingerprint density at radius 2 is 2.05 bits per heavy atom. The van der Waals surface area contributed by atoms with Crippen molar-refractivity contribution in [3.8, 4) is 0 Å². The fourth-order valence-corrected chi connectivity index (χ4v) is 2.17. The fourth-order valence-electron chi connectivity index (χ4n) is 1.48. The highest BCUT2D eigenvalue weighted by atomic mass is 32.2. The van der Waals surface area contributed by atoms with Crippen LogP contribution in [0.5, 0.6) is 0 Å². The number of sulfone groups is 1. The Morgan fingerprint density at radius 1 is 1.35 bits per heavy atom. The first-order valence-electron chi connectivity index (χ1n) is 5.41. The fraction of sp³-hybridized carbons (Fsp3) is 0.200. The van der Waals surface area contributed by atoms with Gasteiger partial charge in [0.2, 0.25) is 0 Å². The second-order valence-corrected chi connectivity index (χ2v) is 6.14. The summed E-state index contributed by atoms with van der Waals surface area (Å²) >= 11 is 0. The van der Waals surface area contributed by atoms with Crippen LogP contribution < -0.4 is 11.1 Å². The van der Waals surface area contributed by atoms with E-state index in [2.05, 4.69) is 20.7 Å². The molecule has 10 heteroatoms. The van der Waals surface area contributed by atoms with E-state index in [0.29, 0.717) is 0 Å². The van der Waals surface area contributed by atoms with Gasteiger partial charge in [-0.1, -0.05) is 5.10 Å². The summed E-state index contributed by atoms with van der Waals surface area (Å²) in [5.41, 5.74) is 5.87. The molecule has 2 rings (SSSR count). The van der Waals surface area contributed by atoms with Crippen LogP contribution in [-0.2, 0) is 16.9 Å². The molecule has 0 unspecified atom stereocenters. The van der Waals surface area contributed by atoms with Crippen molar-refractivity contribution in [2.45, 2.75) is 4.90 Å². The van der Waals surface area contributed by atoms with E-state index in [4.69, 9.17) is 5.73 Å². The van der Waals surface area contributed by atoms with Gasteiger partial charge in [0.05, 0.1) is 11.9 Å². The third-order valence-electron chi connectivity index (χ3n) is 2.35. The van der Waals surface area contributed by atoms with Gasteiger partial charge < -0.3 is 5.73 Å². The number of anilines is 2. The van der Waals surface area contributed by atoms with Crippen molar-refractivity contribution >= 4 is 27.4 Å². The minimum Gasteiger partial charge on any atom is -0.399 e. The van der Waals surface area contributed by atoms with Gasteiger partial charge in [0.25, 0.3) is 11.9 Å². The number of carbonyl (C=O) groups excluding carboxylic acids is 1. The zero-order valence-corrected chi connectivity index (χ0v) is 11.5. The Morgan fingerprint density at radius 3 is 2.60 bits per heavy atom. The molecule has 9 nitrogen and oxygen atoms in total. The Labute approximate surface area is 114 Å². The van der Waals surface area contributed by atoms with Gasteiger partial charge in [0, 0.05) is 17.5 Å². The molecule has 0 saturated heterocycles. The molecule has 1 aromatic heterocycles. The predicted molar refractivity (Wildman–Crippen MR) is 70.7 cm³/mol. The molecule has 0 radical (unpaired) electrons. The Balaban J connectivity index is 2.33. The number of nitrogens with two attached hydrogens (primary N) is 1. The number of aryl methyl sites for hydroxylation is 1. The maximum absolute atomic E-state index is 12.0. The van der Waals surface area contributed by atoms with E-state index >= 15 is 0 Å². The third kappa shape index (κ3) is 3.09. The van der Waals surface area contributed by atoms with Crippen molar-refractivity contribution in [3.05, 3.63) is 23.8 Å². The molecule has 2 aromatic rings. The highest BCUT2D eigenvalue weighted by Gasteiger charge is 2.15. The van der Waals surface area contributed by atoms with Crippen molar-refractivity contribution < 1.29 is 13.2 Å². The SMILES string of the molecule is Cn1nnc(NC(=O)c2cc(N)cc(S(C)(=O)=O)c2)n1. The summed E-state index contributed by atoms with van der Waals surface area (Å²) in [6, 6.07) is 3.88. The number of carbonyl (C=O) groups is 1. The van der Waals surface area contributed by atoms with E-state index in [1.54, 1.807) is 7.05 Å². The summed E-state index contributed by atoms with van der Waals surface area (Å²) in [7, 11) is -1.91. The summed E-state index contributed by atoms with van der Waals surface area (Å²) in [6.07, 6.45) is 1.04. The smallest absolute Gasteiger partial charge is 0.270 e. The largest absolute Gasteiger partial charge is 0.399 e. The lowest BCUT2D eigenvalue weighted by atomic mass is 10.2. The number of hydrogen-bond acceptors (Lipinski definition) is 7. The number of rotatable bonds is 3. The average molecular weight is 296 g/mol. The number of benzene rings is 1. The van der Waals surface area contributed by atoms with E-state index in [-0.39, 0.29) is 22.1 Å². The van der Waals surface area contributed by atoms with Crippen LogP contribution in [0, 0.1) is 0 Å². The lowest BCUT2D eigenvalue weighted by molar-refractivity contribution is 0.102. The monoisotopic (exact) mass is 296 g/mol. The van der Waals surface area contributed by atoms with Crippen LogP contribution in [0.4, 0.5) is 11.6 Å². The number of nitrogen functional groups attached to an aromatic ring is 1. The summed E-state index contributed by atoms with van der Waals surface area (Å²) in [5, 5.41) is 13.3. The van der Waals surface area contributed by atoms with E-state index in [1.165, 1.54) is 23.0 Å². The van der Waals surface area contributed by atoms with Crippen LogP contribution in [0.2, 0.25) is 0 Å². The van der Waals surface area contributed by atoms with Crippen LogP contribution >= 0.6 is 0 Å². The molecule has 0 atom stereocenters. The van der Waals surface area contributed by atoms with E-state index in [1.807, 2.05) is 0 Å². The lowest BCUT2D eigenvalue weighted by Crippen LogP contribution is -2.14. The van der Waals surface area contributed by atoms with Gasteiger partial charge in [-0.15, -0.1) is 5.10 Å². The minimum absolute atomic E-state index is 0.0147. The molecule has 3 N–H and O–H groups in total. The van der Waals surface area contributed by atoms with Gasteiger partial charge in [-0.05, 0) is 23.4 Å². The Kier molecular flexibility index (Phi) is 3.40. The molecule has 0 aliphatic carbocycles. The number of hydrogen-bond donors (Lipinski definition) is 2. The molecule has 20 heavy (non-hydrogen) atoms. The number of tetrazole rings is 1. The molecule has 0 bridgehead atoms. The first kappa shape index (κ1) is 13.9. The molecule has 0 saturated carbocycles. The van der Waals surface area contributed by atoms with Crippen LogP contribution in [-0.4, -0.2) is 40.8 Å². The normalized spacial score (nSPS) is 11.3. The van der Waals surface area contributed by atoms with Gasteiger partial charge >= 0.3 is 0 Å². The first-order valence-corrected chi connectivity index (χ1v) is 7.31. The molecule has 1 heterocycles. The van der Waals surface area contributed by atoms with Crippen LogP contribution in [0.3, 0.4) is 0 Å². The molecule has 1 aromatic carbocycles. The molecule has 106 valence electrons. The number of nitrogens with one attached hydrogen (secondary N) is 1. The molecular formula is C10H12N6O3S. The van der Waals surface area contributed by atoms with E-state index in [9.17, 15) is 13.2 Å². The minimum atomic E-state index is -3.46. The van der Waals surface area contributed by atoms with Crippen molar-refractivity contribution in [2.75, 3.05) is 17.3 Å². The quantitative estimate of drug-likeness (QED) is 0.726. The van der Waals surface area contributed by atoms with Gasteiger partial charge in [-0.2, -0.15) is 4.80 Å². The van der Waals surface area contributed by atoms with E-state index in [0.717, 1.165) is 6.26 Å². The number of nitrogens with zero attached hydrogens (tertiary/aromatic N) is 4. The van der Waals surface area contributed by atoms with Crippen molar-refractivity contribution in [1.82, 2.24) is 20.2 Å². The van der Waals surface area contributed by atoms with Crippen LogP contribution in [0.1, 0.15) is 10.4 Å². The van der Waals surface area contributed by atoms with Gasteiger partial charge in [0.15, 0.2) is 9.84 Å². The molecule has 0 spiro atoms. The van der Waals surface area contributed by atoms with Gasteiger partial charge in [-0.3, -0.25) is 10.1 Å². The maximum Gasteiger partial charge on any atom is 0.270 e. The van der Waals surface area contributed by atoms with Crippen molar-refractivity contribution in [3.63, 3.8) is 0 Å². The lowest BCUT2D eigenvalue weighted by Gasteiger charge is -2.05. The summed E-state index contributed by atoms with van der Waals surface area (Å²) in [5.74, 6) is -0.559. The predicted octanol–water partition coefficient (Wildman–Crippen LogP) is -0.552. The van der Waals surface area contributed by atoms with Crippen molar-refractivity contribution in [2.24, 2.45) is 7.05 Å². The average Bonchev–Trinajstić information content (AvgIpc) is 2.72. The topological polar surface area (TPSA) is 133 Å². The second kappa shape index (κ2) is 4.89. The molecule has 0 aliphatic rings. The molecule has 1 amide bonds. The second-order valence-electron chi connectivity index (χ2n) is 4.12. The van der Waals surface area contributed by atoms with Crippen LogP contribution in [0.25, 0.3) is 0 Å². The highest BCUT2D eigenvalue weighted by Crippen LogP contribution is 2.17. The van der Waals surface area contributed by atoms with Crippen LogP contribution in [0.15, 0.2) is 23.1 Å².